The predicted molar refractivity (Wildman–Crippen MR) is 84.1 cm³/mol. The molecule has 5 nitrogen and oxygen atoms in total. The number of aryl methyl sites for hydroxylation is 1. The molecule has 1 amide bonds. The first kappa shape index (κ1) is 16.2. The Labute approximate surface area is 138 Å². The first-order valence-electron chi connectivity index (χ1n) is 7.80. The number of hydrogen-bond donors (Lipinski definition) is 1. The third-order valence-corrected chi connectivity index (χ3v) is 4.12. The van der Waals surface area contributed by atoms with Crippen LogP contribution in [-0.4, -0.2) is 27.9 Å². The summed E-state index contributed by atoms with van der Waals surface area (Å²) in [5.41, 5.74) is 1.31. The van der Waals surface area contributed by atoms with Gasteiger partial charge in [-0.05, 0) is 25.8 Å². The number of carboxylic acids is 1. The second-order valence-electron chi connectivity index (χ2n) is 6.04. The number of carbonyl (C=O) groups is 2. The first-order chi connectivity index (χ1) is 11.5. The number of carboxylic acid groups (broad SMARTS) is 1. The normalized spacial score (nSPS) is 13.8. The molecule has 0 radical (unpaired) electrons. The molecule has 1 aliphatic carbocycles. The minimum absolute atomic E-state index is 0.0593. The zero-order valence-corrected chi connectivity index (χ0v) is 13.3. The van der Waals surface area contributed by atoms with Gasteiger partial charge in [-0.2, -0.15) is 0 Å². The maximum Gasteiger partial charge on any atom is 0.311 e. The van der Waals surface area contributed by atoms with Gasteiger partial charge in [-0.3, -0.25) is 9.59 Å². The van der Waals surface area contributed by atoms with Crippen molar-refractivity contribution < 1.29 is 23.5 Å². The molecule has 126 valence electrons. The second-order valence-corrected chi connectivity index (χ2v) is 6.04. The standard InChI is InChI=1S/C18H18FNO4/c1-11-10-24-15(8-16(21)22)17(11)18(23)20(13-6-7-13)9-12-4-2-3-5-14(12)19/h2-5,10,13H,6-9H2,1H3,(H,21,22). The summed E-state index contributed by atoms with van der Waals surface area (Å²) in [5.74, 6) is -1.58. The van der Waals surface area contributed by atoms with Gasteiger partial charge in [0.15, 0.2) is 0 Å². The fourth-order valence-electron chi connectivity index (χ4n) is 2.76. The molecule has 1 fully saturated rings. The molecule has 1 N–H and O–H groups in total. The van der Waals surface area contributed by atoms with Crippen LogP contribution in [0.3, 0.4) is 0 Å². The van der Waals surface area contributed by atoms with Gasteiger partial charge in [-0.25, -0.2) is 4.39 Å². The number of amides is 1. The minimum Gasteiger partial charge on any atom is -0.481 e. The molecule has 1 aromatic heterocycles. The molecule has 1 aromatic carbocycles. The predicted octanol–water partition coefficient (Wildman–Crippen LogP) is 3.16. The molecule has 0 aliphatic heterocycles. The molecular formula is C18H18FNO4. The van der Waals surface area contributed by atoms with Crippen LogP contribution in [0.25, 0.3) is 0 Å². The highest BCUT2D eigenvalue weighted by molar-refractivity contribution is 5.97. The van der Waals surface area contributed by atoms with Gasteiger partial charge >= 0.3 is 5.97 Å². The van der Waals surface area contributed by atoms with Crippen LogP contribution in [0, 0.1) is 12.7 Å². The van der Waals surface area contributed by atoms with E-state index < -0.39 is 5.97 Å². The highest BCUT2D eigenvalue weighted by Gasteiger charge is 2.36. The molecule has 0 unspecified atom stereocenters. The topological polar surface area (TPSA) is 70.7 Å². The molecule has 0 spiro atoms. The molecule has 1 heterocycles. The first-order valence-corrected chi connectivity index (χ1v) is 7.80. The SMILES string of the molecule is Cc1coc(CC(=O)O)c1C(=O)N(Cc1ccccc1F)C1CC1. The summed E-state index contributed by atoms with van der Waals surface area (Å²) in [6, 6.07) is 6.41. The van der Waals surface area contributed by atoms with Crippen LogP contribution in [-0.2, 0) is 17.8 Å². The molecule has 0 saturated heterocycles. The van der Waals surface area contributed by atoms with Crippen molar-refractivity contribution in [1.82, 2.24) is 4.90 Å². The molecular weight excluding hydrogens is 313 g/mol. The highest BCUT2D eigenvalue weighted by Crippen LogP contribution is 2.32. The van der Waals surface area contributed by atoms with E-state index in [1.807, 2.05) is 0 Å². The van der Waals surface area contributed by atoms with Crippen molar-refractivity contribution >= 4 is 11.9 Å². The van der Waals surface area contributed by atoms with E-state index in [-0.39, 0.29) is 42.1 Å². The van der Waals surface area contributed by atoms with Crippen LogP contribution in [0.2, 0.25) is 0 Å². The molecule has 3 rings (SSSR count). The molecule has 1 saturated carbocycles. The number of carbonyl (C=O) groups excluding carboxylic acids is 1. The number of aliphatic carboxylic acids is 1. The van der Waals surface area contributed by atoms with E-state index in [1.165, 1.54) is 12.3 Å². The van der Waals surface area contributed by atoms with Crippen molar-refractivity contribution in [3.8, 4) is 0 Å². The highest BCUT2D eigenvalue weighted by atomic mass is 19.1. The zero-order chi connectivity index (χ0) is 17.3. The van der Waals surface area contributed by atoms with Gasteiger partial charge in [0.2, 0.25) is 0 Å². The van der Waals surface area contributed by atoms with Gasteiger partial charge < -0.3 is 14.4 Å². The molecule has 2 aromatic rings. The lowest BCUT2D eigenvalue weighted by molar-refractivity contribution is -0.136. The van der Waals surface area contributed by atoms with E-state index in [2.05, 4.69) is 0 Å². The number of benzene rings is 1. The van der Waals surface area contributed by atoms with E-state index in [4.69, 9.17) is 9.52 Å². The van der Waals surface area contributed by atoms with Crippen LogP contribution in [0.15, 0.2) is 34.9 Å². The van der Waals surface area contributed by atoms with Crippen LogP contribution in [0.1, 0.15) is 40.1 Å². The lowest BCUT2D eigenvalue weighted by Crippen LogP contribution is -2.33. The largest absolute Gasteiger partial charge is 0.481 e. The van der Waals surface area contributed by atoms with Crippen molar-refractivity contribution in [2.45, 2.75) is 38.8 Å². The Morgan fingerprint density at radius 1 is 1.33 bits per heavy atom. The van der Waals surface area contributed by atoms with Crippen LogP contribution >= 0.6 is 0 Å². The van der Waals surface area contributed by atoms with Gasteiger partial charge in [0, 0.05) is 23.7 Å². The monoisotopic (exact) mass is 331 g/mol. The average Bonchev–Trinajstić information content (AvgIpc) is 3.30. The van der Waals surface area contributed by atoms with E-state index in [1.54, 1.807) is 30.0 Å². The number of nitrogens with zero attached hydrogens (tertiary/aromatic N) is 1. The third-order valence-electron chi connectivity index (χ3n) is 4.12. The number of furan rings is 1. The lowest BCUT2D eigenvalue weighted by atomic mass is 10.1. The summed E-state index contributed by atoms with van der Waals surface area (Å²) in [6.45, 7) is 1.86. The second kappa shape index (κ2) is 6.47. The Bertz CT molecular complexity index is 779. The molecule has 6 heteroatoms. The van der Waals surface area contributed by atoms with Gasteiger partial charge in [0.05, 0.1) is 11.8 Å². The van der Waals surface area contributed by atoms with Crippen LogP contribution in [0.4, 0.5) is 4.39 Å². The van der Waals surface area contributed by atoms with Crippen LogP contribution < -0.4 is 0 Å². The van der Waals surface area contributed by atoms with E-state index in [0.717, 1.165) is 12.8 Å². The molecule has 0 atom stereocenters. The van der Waals surface area contributed by atoms with E-state index in [9.17, 15) is 14.0 Å². The number of hydrogen-bond acceptors (Lipinski definition) is 3. The summed E-state index contributed by atoms with van der Waals surface area (Å²) in [5, 5.41) is 8.98. The maximum atomic E-state index is 13.9. The van der Waals surface area contributed by atoms with Crippen LogP contribution in [0.5, 0.6) is 0 Å². The maximum absolute atomic E-state index is 13.9. The quantitative estimate of drug-likeness (QED) is 0.882. The Hall–Kier alpha value is -2.63. The summed E-state index contributed by atoms with van der Waals surface area (Å²) in [6.07, 6.45) is 2.77. The summed E-state index contributed by atoms with van der Waals surface area (Å²) >= 11 is 0. The van der Waals surface area contributed by atoms with Gasteiger partial charge in [-0.15, -0.1) is 0 Å². The van der Waals surface area contributed by atoms with Gasteiger partial charge in [0.25, 0.3) is 5.91 Å². The number of rotatable bonds is 6. The zero-order valence-electron chi connectivity index (χ0n) is 13.3. The third kappa shape index (κ3) is 3.32. The van der Waals surface area contributed by atoms with E-state index in [0.29, 0.717) is 11.1 Å². The van der Waals surface area contributed by atoms with Gasteiger partial charge in [-0.1, -0.05) is 18.2 Å². The van der Waals surface area contributed by atoms with E-state index >= 15 is 0 Å². The minimum atomic E-state index is -1.06. The number of halogens is 1. The van der Waals surface area contributed by atoms with Crippen molar-refractivity contribution in [2.75, 3.05) is 0 Å². The fraction of sp³-hybridized carbons (Fsp3) is 0.333. The van der Waals surface area contributed by atoms with Crippen molar-refractivity contribution in [1.29, 1.82) is 0 Å². The van der Waals surface area contributed by atoms with Gasteiger partial charge in [0.1, 0.15) is 18.0 Å². The lowest BCUT2D eigenvalue weighted by Gasteiger charge is -2.23. The molecule has 24 heavy (non-hydrogen) atoms. The van der Waals surface area contributed by atoms with Crippen molar-refractivity contribution in [3.63, 3.8) is 0 Å². The summed E-state index contributed by atoms with van der Waals surface area (Å²) in [7, 11) is 0. The Kier molecular flexibility index (Phi) is 4.38. The van der Waals surface area contributed by atoms with Crippen molar-refractivity contribution in [3.05, 3.63) is 58.8 Å². The Morgan fingerprint density at radius 3 is 2.67 bits per heavy atom. The van der Waals surface area contributed by atoms with Crippen molar-refractivity contribution in [2.24, 2.45) is 0 Å². The smallest absolute Gasteiger partial charge is 0.311 e. The molecule has 1 aliphatic rings. The summed E-state index contributed by atoms with van der Waals surface area (Å²) in [4.78, 5) is 25.6. The Morgan fingerprint density at radius 2 is 2.04 bits per heavy atom. The fourth-order valence-corrected chi connectivity index (χ4v) is 2.76. The Balaban J connectivity index is 1.90. The summed E-state index contributed by atoms with van der Waals surface area (Å²) < 4.78 is 19.2. The average molecular weight is 331 g/mol. The molecule has 0 bridgehead atoms.